The highest BCUT2D eigenvalue weighted by molar-refractivity contribution is 5.84. The molecule has 2 atom stereocenters. The van der Waals surface area contributed by atoms with E-state index in [-0.39, 0.29) is 0 Å². The fourth-order valence-electron chi connectivity index (χ4n) is 10.5. The Bertz CT molecular complexity index is 681. The van der Waals surface area contributed by atoms with E-state index in [2.05, 4.69) is 9.80 Å². The van der Waals surface area contributed by atoms with Crippen LogP contribution in [0, 0.1) is 35.0 Å². The molecule has 0 radical (unpaired) electrons. The molecule has 0 N–H and O–H groups in total. The Morgan fingerprint density at radius 2 is 1.28 bits per heavy atom. The molecule has 8 aliphatic rings. The highest BCUT2D eigenvalue weighted by atomic mass is 15.5. The van der Waals surface area contributed by atoms with Crippen molar-refractivity contribution in [1.82, 2.24) is 9.80 Å². The first kappa shape index (κ1) is 20.6. The minimum Gasteiger partial charge on any atom is -0.338 e. The van der Waals surface area contributed by atoms with Crippen molar-refractivity contribution in [2.24, 2.45) is 40.0 Å². The van der Waals surface area contributed by atoms with Crippen molar-refractivity contribution < 1.29 is 0 Å². The fourth-order valence-corrected chi connectivity index (χ4v) is 10.5. The molecule has 0 amide bonds. The van der Waals surface area contributed by atoms with Gasteiger partial charge in [0, 0.05) is 13.1 Å². The summed E-state index contributed by atoms with van der Waals surface area (Å²) in [6, 6.07) is 1.51. The molecule has 0 spiro atoms. The summed E-state index contributed by atoms with van der Waals surface area (Å²) in [5, 5.41) is 0. The van der Waals surface area contributed by atoms with Crippen LogP contribution in [0.1, 0.15) is 109 Å². The van der Waals surface area contributed by atoms with Gasteiger partial charge in [-0.05, 0) is 106 Å². The maximum atomic E-state index is 5.31. The third-order valence-corrected chi connectivity index (χ3v) is 11.6. The van der Waals surface area contributed by atoms with Crippen molar-refractivity contribution in [2.75, 3.05) is 19.6 Å². The lowest BCUT2D eigenvalue weighted by atomic mass is 9.49. The van der Waals surface area contributed by atoms with Crippen molar-refractivity contribution in [3.05, 3.63) is 0 Å². The molecule has 1 saturated heterocycles. The Balaban J connectivity index is 1.10. The number of hydrogen-bond acceptors (Lipinski definition) is 3. The van der Waals surface area contributed by atoms with Gasteiger partial charge in [-0.15, -0.1) is 0 Å². The molecular formula is C29H47N3. The van der Waals surface area contributed by atoms with E-state index >= 15 is 0 Å². The second-order valence-electron chi connectivity index (χ2n) is 13.6. The maximum absolute atomic E-state index is 5.31. The lowest BCUT2D eigenvalue weighted by molar-refractivity contribution is -0.0601. The van der Waals surface area contributed by atoms with Gasteiger partial charge in [0.15, 0.2) is 5.96 Å². The molecule has 6 aliphatic carbocycles. The van der Waals surface area contributed by atoms with Crippen molar-refractivity contribution in [2.45, 2.75) is 121 Å². The molecule has 2 aliphatic heterocycles. The van der Waals surface area contributed by atoms with E-state index in [1.54, 1.807) is 38.5 Å². The smallest absolute Gasteiger partial charge is 0.197 e. The van der Waals surface area contributed by atoms with E-state index in [4.69, 9.17) is 4.99 Å². The Kier molecular flexibility index (Phi) is 5.28. The van der Waals surface area contributed by atoms with E-state index in [9.17, 15) is 0 Å². The number of aliphatic imine (C=N–C) groups is 1. The first-order valence-corrected chi connectivity index (χ1v) is 14.8. The van der Waals surface area contributed by atoms with Gasteiger partial charge in [-0.2, -0.15) is 0 Å². The zero-order chi connectivity index (χ0) is 21.1. The quantitative estimate of drug-likeness (QED) is 0.490. The summed E-state index contributed by atoms with van der Waals surface area (Å²) in [5.74, 6) is 6.57. The molecule has 6 saturated carbocycles. The molecule has 0 aromatic rings. The molecule has 7 fully saturated rings. The number of nitrogens with zero attached hydrogens (tertiary/aromatic N) is 3. The monoisotopic (exact) mass is 437 g/mol. The van der Waals surface area contributed by atoms with Gasteiger partial charge in [0.2, 0.25) is 0 Å². The predicted octanol–water partition coefficient (Wildman–Crippen LogP) is 6.48. The summed E-state index contributed by atoms with van der Waals surface area (Å²) < 4.78 is 0. The Labute approximate surface area is 196 Å². The number of guanidine groups is 1. The van der Waals surface area contributed by atoms with E-state index in [1.807, 2.05) is 0 Å². The van der Waals surface area contributed by atoms with Gasteiger partial charge in [0.05, 0.1) is 18.6 Å². The van der Waals surface area contributed by atoms with Gasteiger partial charge in [-0.1, -0.05) is 38.5 Å². The van der Waals surface area contributed by atoms with Gasteiger partial charge < -0.3 is 9.80 Å². The zero-order valence-electron chi connectivity index (χ0n) is 20.5. The molecule has 32 heavy (non-hydrogen) atoms. The average molecular weight is 438 g/mol. The Morgan fingerprint density at radius 1 is 0.719 bits per heavy atom. The minimum absolute atomic E-state index is 0.710. The zero-order valence-corrected chi connectivity index (χ0v) is 20.5. The van der Waals surface area contributed by atoms with Crippen LogP contribution >= 0.6 is 0 Å². The van der Waals surface area contributed by atoms with E-state index in [0.29, 0.717) is 5.41 Å². The van der Waals surface area contributed by atoms with Gasteiger partial charge >= 0.3 is 0 Å². The predicted molar refractivity (Wildman–Crippen MR) is 132 cm³/mol. The molecule has 2 heterocycles. The Morgan fingerprint density at radius 3 is 1.88 bits per heavy atom. The topological polar surface area (TPSA) is 18.8 Å². The van der Waals surface area contributed by atoms with E-state index in [1.165, 1.54) is 89.7 Å². The number of fused-ring (bicyclic) bond motifs is 1. The summed E-state index contributed by atoms with van der Waals surface area (Å²) in [5.41, 5.74) is 0.710. The van der Waals surface area contributed by atoms with Crippen LogP contribution in [0.2, 0.25) is 0 Å². The van der Waals surface area contributed by atoms with Crippen LogP contribution in [0.3, 0.4) is 0 Å². The summed E-state index contributed by atoms with van der Waals surface area (Å²) in [4.78, 5) is 11.1. The van der Waals surface area contributed by atoms with Crippen molar-refractivity contribution >= 4 is 5.96 Å². The third-order valence-electron chi connectivity index (χ3n) is 11.6. The van der Waals surface area contributed by atoms with Crippen LogP contribution in [-0.4, -0.2) is 47.5 Å². The molecule has 0 unspecified atom stereocenters. The normalized spacial score (nSPS) is 44.4. The molecule has 3 heteroatoms. The van der Waals surface area contributed by atoms with Crippen molar-refractivity contribution in [1.29, 1.82) is 0 Å². The van der Waals surface area contributed by atoms with Crippen molar-refractivity contribution in [3.8, 4) is 0 Å². The number of hydrogen-bond donors (Lipinski definition) is 0. The van der Waals surface area contributed by atoms with Gasteiger partial charge in [0.1, 0.15) is 0 Å². The van der Waals surface area contributed by atoms with Gasteiger partial charge in [0.25, 0.3) is 0 Å². The lowest BCUT2D eigenvalue weighted by Crippen LogP contribution is -2.48. The fraction of sp³-hybridized carbons (Fsp3) is 0.966. The maximum Gasteiger partial charge on any atom is 0.197 e. The van der Waals surface area contributed by atoms with Crippen LogP contribution in [0.4, 0.5) is 0 Å². The van der Waals surface area contributed by atoms with Crippen LogP contribution < -0.4 is 0 Å². The average Bonchev–Trinajstić information content (AvgIpc) is 3.37. The van der Waals surface area contributed by atoms with Gasteiger partial charge in [-0.25, -0.2) is 0 Å². The Hall–Kier alpha value is -0.730. The van der Waals surface area contributed by atoms with Crippen LogP contribution in [0.25, 0.3) is 0 Å². The summed E-state index contributed by atoms with van der Waals surface area (Å²) in [7, 11) is 0. The van der Waals surface area contributed by atoms with Crippen molar-refractivity contribution in [3.63, 3.8) is 0 Å². The van der Waals surface area contributed by atoms with Gasteiger partial charge in [-0.3, -0.25) is 4.99 Å². The molecule has 4 bridgehead atoms. The molecule has 8 rings (SSSR count). The first-order valence-electron chi connectivity index (χ1n) is 14.8. The number of rotatable bonds is 5. The second-order valence-corrected chi connectivity index (χ2v) is 13.6. The highest BCUT2D eigenvalue weighted by Gasteiger charge is 2.52. The highest BCUT2D eigenvalue weighted by Crippen LogP contribution is 2.61. The summed E-state index contributed by atoms with van der Waals surface area (Å²) in [6.07, 6.45) is 25.6. The molecule has 3 nitrogen and oxygen atoms in total. The molecule has 0 aromatic carbocycles. The van der Waals surface area contributed by atoms with E-state index in [0.717, 1.165) is 48.2 Å². The lowest BCUT2D eigenvalue weighted by Gasteiger charge is -2.57. The van der Waals surface area contributed by atoms with Crippen LogP contribution in [0.5, 0.6) is 0 Å². The molecule has 178 valence electrons. The molecule has 0 aromatic heterocycles. The second kappa shape index (κ2) is 8.19. The third kappa shape index (κ3) is 3.54. The van der Waals surface area contributed by atoms with E-state index < -0.39 is 0 Å². The molecular weight excluding hydrogens is 390 g/mol. The standard InChI is InChI=1S/C29H47N3/c1-3-7-24(8-4-1)26-19-30-28-31(27(20-32(26)28)25-9-5-2-6-10-25)12-11-29-16-21-13-22(17-29)15-23(14-21)18-29/h21-27H,1-20H2/t21?,22?,23?,26-,27-,29?/m0/s1. The van der Waals surface area contributed by atoms with Crippen LogP contribution in [0.15, 0.2) is 4.99 Å². The minimum atomic E-state index is 0.710. The summed E-state index contributed by atoms with van der Waals surface area (Å²) in [6.45, 7) is 3.73. The first-order chi connectivity index (χ1) is 15.8. The SMILES string of the molecule is C1CCC([C@@H]2CN3C(=NC[C@H]3C3CCCCC3)N2CCC23CC4CC(CC(C4)C2)C3)CC1. The van der Waals surface area contributed by atoms with Crippen LogP contribution in [-0.2, 0) is 0 Å². The largest absolute Gasteiger partial charge is 0.338 e. The summed E-state index contributed by atoms with van der Waals surface area (Å²) >= 11 is 0.